The molecular weight excluding hydrogens is 306 g/mol. The molecule has 1 saturated heterocycles. The number of benzene rings is 1. The number of fused-ring (bicyclic) bond motifs is 1. The van der Waals surface area contributed by atoms with Gasteiger partial charge in [-0.2, -0.15) is 0 Å². The van der Waals surface area contributed by atoms with E-state index < -0.39 is 0 Å². The third-order valence-electron chi connectivity index (χ3n) is 3.68. The van der Waals surface area contributed by atoms with Crippen LogP contribution >= 0.6 is 23.7 Å². The van der Waals surface area contributed by atoms with E-state index in [2.05, 4.69) is 17.0 Å². The number of rotatable bonds is 5. The Labute approximate surface area is 135 Å². The van der Waals surface area contributed by atoms with Crippen LogP contribution in [0.4, 0.5) is 0 Å². The van der Waals surface area contributed by atoms with Crippen LogP contribution in [-0.2, 0) is 4.74 Å². The highest BCUT2D eigenvalue weighted by molar-refractivity contribution is 7.20. The topological polar surface area (TPSA) is 29.5 Å². The molecule has 0 N–H and O–H groups in total. The van der Waals surface area contributed by atoms with Gasteiger partial charge in [-0.05, 0) is 30.5 Å². The number of carbonyl (C=O) groups excluding carboxylic acids is 1. The molecule has 1 aromatic heterocycles. The first-order chi connectivity index (χ1) is 9.83. The third kappa shape index (κ3) is 4.27. The monoisotopic (exact) mass is 325 g/mol. The Morgan fingerprint density at radius 1 is 1.24 bits per heavy atom. The lowest BCUT2D eigenvalue weighted by atomic mass is 10.1. The van der Waals surface area contributed by atoms with Crippen molar-refractivity contribution in [3.05, 3.63) is 35.2 Å². The van der Waals surface area contributed by atoms with Gasteiger partial charge in [0.2, 0.25) is 0 Å². The van der Waals surface area contributed by atoms with Gasteiger partial charge in [0.25, 0.3) is 0 Å². The summed E-state index contributed by atoms with van der Waals surface area (Å²) in [5, 5.41) is 1.18. The average molecular weight is 326 g/mol. The van der Waals surface area contributed by atoms with Crippen LogP contribution in [0.2, 0.25) is 0 Å². The van der Waals surface area contributed by atoms with Gasteiger partial charge in [-0.1, -0.05) is 18.2 Å². The van der Waals surface area contributed by atoms with Gasteiger partial charge in [-0.25, -0.2) is 0 Å². The molecule has 0 radical (unpaired) electrons. The lowest BCUT2D eigenvalue weighted by molar-refractivity contribution is 0.0371. The van der Waals surface area contributed by atoms with Gasteiger partial charge in [-0.15, -0.1) is 23.7 Å². The third-order valence-corrected chi connectivity index (χ3v) is 4.84. The zero-order valence-electron chi connectivity index (χ0n) is 11.9. The predicted octanol–water partition coefficient (Wildman–Crippen LogP) is 3.62. The van der Waals surface area contributed by atoms with Crippen LogP contribution in [0.25, 0.3) is 10.1 Å². The number of hydrogen-bond acceptors (Lipinski definition) is 4. The summed E-state index contributed by atoms with van der Waals surface area (Å²) in [6.45, 7) is 4.64. The van der Waals surface area contributed by atoms with Crippen LogP contribution in [0, 0.1) is 0 Å². The summed E-state index contributed by atoms with van der Waals surface area (Å²) >= 11 is 1.61. The van der Waals surface area contributed by atoms with Crippen LogP contribution in [0.3, 0.4) is 0 Å². The van der Waals surface area contributed by atoms with Crippen molar-refractivity contribution in [2.24, 2.45) is 0 Å². The Morgan fingerprint density at radius 3 is 2.76 bits per heavy atom. The fraction of sp³-hybridized carbons (Fsp3) is 0.438. The van der Waals surface area contributed by atoms with Crippen molar-refractivity contribution in [1.82, 2.24) is 4.90 Å². The Hall–Kier alpha value is -0.940. The fourth-order valence-corrected chi connectivity index (χ4v) is 3.56. The first kappa shape index (κ1) is 16.4. The van der Waals surface area contributed by atoms with Gasteiger partial charge in [0, 0.05) is 24.2 Å². The zero-order chi connectivity index (χ0) is 13.8. The van der Waals surface area contributed by atoms with Crippen molar-refractivity contribution in [3.8, 4) is 0 Å². The molecule has 0 atom stereocenters. The van der Waals surface area contributed by atoms with Crippen molar-refractivity contribution in [1.29, 1.82) is 0 Å². The van der Waals surface area contributed by atoms with Crippen LogP contribution < -0.4 is 0 Å². The summed E-state index contributed by atoms with van der Waals surface area (Å²) in [7, 11) is 0. The minimum Gasteiger partial charge on any atom is -0.379 e. The van der Waals surface area contributed by atoms with E-state index in [1.165, 1.54) is 10.1 Å². The summed E-state index contributed by atoms with van der Waals surface area (Å²) < 4.78 is 6.52. The second-order valence-electron chi connectivity index (χ2n) is 5.13. The molecule has 2 heterocycles. The van der Waals surface area contributed by atoms with E-state index in [9.17, 15) is 4.79 Å². The van der Waals surface area contributed by atoms with Crippen LogP contribution in [-0.4, -0.2) is 43.5 Å². The number of thiophene rings is 1. The summed E-state index contributed by atoms with van der Waals surface area (Å²) in [5.41, 5.74) is 0. The maximum absolute atomic E-state index is 12.2. The number of ketones is 1. The number of hydrogen-bond donors (Lipinski definition) is 0. The van der Waals surface area contributed by atoms with Gasteiger partial charge in [0.1, 0.15) is 0 Å². The van der Waals surface area contributed by atoms with Gasteiger partial charge in [0.05, 0.1) is 18.1 Å². The van der Waals surface area contributed by atoms with Crippen molar-refractivity contribution >= 4 is 39.6 Å². The van der Waals surface area contributed by atoms with Crippen molar-refractivity contribution < 1.29 is 9.53 Å². The minimum atomic E-state index is 0. The van der Waals surface area contributed by atoms with E-state index in [0.29, 0.717) is 6.42 Å². The highest BCUT2D eigenvalue weighted by Gasteiger charge is 2.13. The predicted molar refractivity (Wildman–Crippen MR) is 89.9 cm³/mol. The van der Waals surface area contributed by atoms with Gasteiger partial charge in [0.15, 0.2) is 5.78 Å². The minimum absolute atomic E-state index is 0. The second kappa shape index (κ2) is 7.90. The molecular formula is C16H20ClNO2S. The number of carbonyl (C=O) groups is 1. The van der Waals surface area contributed by atoms with Crippen molar-refractivity contribution in [3.63, 3.8) is 0 Å². The first-order valence-corrected chi connectivity index (χ1v) is 7.96. The Bertz CT molecular complexity index is 560. The number of morpholine rings is 1. The molecule has 0 amide bonds. The molecule has 3 nitrogen and oxygen atoms in total. The zero-order valence-corrected chi connectivity index (χ0v) is 13.5. The molecule has 1 fully saturated rings. The number of halogens is 1. The van der Waals surface area contributed by atoms with E-state index in [1.807, 2.05) is 18.2 Å². The maximum Gasteiger partial charge on any atom is 0.172 e. The standard InChI is InChI=1S/C16H19NO2S.ClH/c18-14(5-3-7-17-8-10-19-11-9-17)16-12-13-4-1-2-6-15(13)20-16;/h1-2,4,6,12H,3,5,7-11H2;1H. The SMILES string of the molecule is Cl.O=C(CCCN1CCOCC1)c1cc2ccccc2s1. The molecule has 3 rings (SSSR count). The normalized spacial score (nSPS) is 15.8. The molecule has 0 spiro atoms. The molecule has 1 aliphatic heterocycles. The number of ether oxygens (including phenoxy) is 1. The van der Waals surface area contributed by atoms with Crippen molar-refractivity contribution in [2.45, 2.75) is 12.8 Å². The summed E-state index contributed by atoms with van der Waals surface area (Å²) in [6.07, 6.45) is 1.58. The van der Waals surface area contributed by atoms with Crippen molar-refractivity contribution in [2.75, 3.05) is 32.8 Å². The van der Waals surface area contributed by atoms with Gasteiger partial charge in [-0.3, -0.25) is 9.69 Å². The van der Waals surface area contributed by atoms with Gasteiger partial charge < -0.3 is 4.74 Å². The van der Waals surface area contributed by atoms with E-state index in [-0.39, 0.29) is 18.2 Å². The molecule has 1 aliphatic rings. The Kier molecular flexibility index (Phi) is 6.18. The van der Waals surface area contributed by atoms with E-state index in [1.54, 1.807) is 11.3 Å². The molecule has 0 unspecified atom stereocenters. The fourth-order valence-electron chi connectivity index (χ4n) is 2.53. The molecule has 5 heteroatoms. The maximum atomic E-state index is 12.2. The molecule has 114 valence electrons. The van der Waals surface area contributed by atoms with E-state index in [0.717, 1.165) is 44.1 Å². The Balaban J connectivity index is 0.00000161. The quantitative estimate of drug-likeness (QED) is 0.786. The lowest BCUT2D eigenvalue weighted by Gasteiger charge is -2.26. The average Bonchev–Trinajstić information content (AvgIpc) is 2.92. The van der Waals surface area contributed by atoms with E-state index >= 15 is 0 Å². The largest absolute Gasteiger partial charge is 0.379 e. The Morgan fingerprint density at radius 2 is 2.00 bits per heavy atom. The highest BCUT2D eigenvalue weighted by atomic mass is 35.5. The van der Waals surface area contributed by atoms with E-state index in [4.69, 9.17) is 4.74 Å². The highest BCUT2D eigenvalue weighted by Crippen LogP contribution is 2.26. The smallest absolute Gasteiger partial charge is 0.172 e. The summed E-state index contributed by atoms with van der Waals surface area (Å²) in [6, 6.07) is 10.2. The number of Topliss-reactive ketones (excluding diaryl/α,β-unsaturated/α-hetero) is 1. The van der Waals surface area contributed by atoms with Gasteiger partial charge >= 0.3 is 0 Å². The van der Waals surface area contributed by atoms with Crippen LogP contribution in [0.1, 0.15) is 22.5 Å². The molecule has 0 saturated carbocycles. The molecule has 0 bridgehead atoms. The lowest BCUT2D eigenvalue weighted by Crippen LogP contribution is -2.36. The summed E-state index contributed by atoms with van der Waals surface area (Å²) in [4.78, 5) is 15.5. The molecule has 0 aliphatic carbocycles. The van der Waals surface area contributed by atoms with Crippen LogP contribution in [0.5, 0.6) is 0 Å². The molecule has 2 aromatic rings. The molecule has 21 heavy (non-hydrogen) atoms. The summed E-state index contributed by atoms with van der Waals surface area (Å²) in [5.74, 6) is 0.277. The van der Waals surface area contributed by atoms with Crippen LogP contribution in [0.15, 0.2) is 30.3 Å². The number of nitrogens with zero attached hydrogens (tertiary/aromatic N) is 1. The first-order valence-electron chi connectivity index (χ1n) is 7.15. The molecule has 1 aromatic carbocycles. The second-order valence-corrected chi connectivity index (χ2v) is 6.21.